The molecule has 2 heteroatoms. The second-order valence-electron chi connectivity index (χ2n) is 2.18. The Bertz CT molecular complexity index is 268. The van der Waals surface area contributed by atoms with E-state index in [0.717, 1.165) is 0 Å². The molecule has 0 bridgehead atoms. The topological polar surface area (TPSA) is 20.2 Å². The Morgan fingerprint density at radius 3 is 2.73 bits per heavy atom. The summed E-state index contributed by atoms with van der Waals surface area (Å²) >= 11 is 0. The van der Waals surface area contributed by atoms with Gasteiger partial charge in [0, 0.05) is 0 Å². The van der Waals surface area contributed by atoms with Crippen LogP contribution in [0.1, 0.15) is 11.1 Å². The van der Waals surface area contributed by atoms with Crippen LogP contribution in [0.5, 0.6) is 0 Å². The zero-order chi connectivity index (χ0) is 8.27. The molecular formula is C9H8FO. The van der Waals surface area contributed by atoms with Gasteiger partial charge >= 0.3 is 0 Å². The molecule has 1 N–H and O–H groups in total. The lowest BCUT2D eigenvalue weighted by molar-refractivity contribution is 0.281. The summed E-state index contributed by atoms with van der Waals surface area (Å²) in [6.07, 6.45) is 2.54. The van der Waals surface area contributed by atoms with Crippen molar-refractivity contribution in [2.45, 2.75) is 6.61 Å². The molecule has 0 saturated heterocycles. The maximum Gasteiger partial charge on any atom is 0.124 e. The largest absolute Gasteiger partial charge is 0.392 e. The molecule has 0 atom stereocenters. The minimum Gasteiger partial charge on any atom is -0.392 e. The van der Waals surface area contributed by atoms with E-state index in [1.54, 1.807) is 6.07 Å². The molecule has 0 fully saturated rings. The lowest BCUT2D eigenvalue weighted by atomic mass is 10.1. The normalized spacial score (nSPS) is 9.64. The molecule has 0 aliphatic carbocycles. The molecule has 0 unspecified atom stereocenters. The first kappa shape index (κ1) is 7.95. The van der Waals surface area contributed by atoms with Crippen LogP contribution in [0.2, 0.25) is 0 Å². The third-order valence-electron chi connectivity index (χ3n) is 1.34. The van der Waals surface area contributed by atoms with Gasteiger partial charge in [-0.15, -0.1) is 0 Å². The van der Waals surface area contributed by atoms with Gasteiger partial charge in [-0.3, -0.25) is 0 Å². The molecule has 0 aliphatic rings. The molecule has 1 aromatic carbocycles. The van der Waals surface area contributed by atoms with E-state index in [1.807, 2.05) is 0 Å². The van der Waals surface area contributed by atoms with Gasteiger partial charge < -0.3 is 5.11 Å². The lowest BCUT2D eigenvalue weighted by Gasteiger charge is -1.97. The number of benzene rings is 1. The SMILES string of the molecule is C=[C]c1cc(F)cc(CO)c1. The molecule has 1 aromatic rings. The molecule has 0 saturated carbocycles. The predicted octanol–water partition coefficient (Wildman–Crippen LogP) is 1.66. The van der Waals surface area contributed by atoms with Crippen molar-refractivity contribution in [1.29, 1.82) is 0 Å². The number of halogens is 1. The Morgan fingerprint density at radius 1 is 1.45 bits per heavy atom. The van der Waals surface area contributed by atoms with Crippen molar-refractivity contribution in [3.8, 4) is 0 Å². The fourth-order valence-electron chi connectivity index (χ4n) is 0.844. The van der Waals surface area contributed by atoms with Crippen molar-refractivity contribution in [1.82, 2.24) is 0 Å². The second kappa shape index (κ2) is 3.30. The summed E-state index contributed by atoms with van der Waals surface area (Å²) < 4.78 is 12.6. The first-order chi connectivity index (χ1) is 5.26. The van der Waals surface area contributed by atoms with Gasteiger partial charge in [0.05, 0.1) is 6.61 Å². The molecule has 11 heavy (non-hydrogen) atoms. The van der Waals surface area contributed by atoms with Gasteiger partial charge in [-0.1, -0.05) is 6.58 Å². The van der Waals surface area contributed by atoms with Gasteiger partial charge in [0.1, 0.15) is 5.82 Å². The fraction of sp³-hybridized carbons (Fsp3) is 0.111. The summed E-state index contributed by atoms with van der Waals surface area (Å²) in [6, 6.07) is 4.23. The highest BCUT2D eigenvalue weighted by Crippen LogP contribution is 2.08. The van der Waals surface area contributed by atoms with Crippen LogP contribution in [-0.4, -0.2) is 5.11 Å². The molecule has 1 nitrogen and oxygen atoms in total. The van der Waals surface area contributed by atoms with Crippen LogP contribution in [0.3, 0.4) is 0 Å². The van der Waals surface area contributed by atoms with E-state index in [4.69, 9.17) is 5.11 Å². The summed E-state index contributed by atoms with van der Waals surface area (Å²) in [7, 11) is 0. The highest BCUT2D eigenvalue weighted by atomic mass is 19.1. The van der Waals surface area contributed by atoms with Gasteiger partial charge in [0.25, 0.3) is 0 Å². The minimum absolute atomic E-state index is 0.160. The molecule has 0 amide bonds. The van der Waals surface area contributed by atoms with Crippen LogP contribution < -0.4 is 0 Å². The Morgan fingerprint density at radius 2 is 2.18 bits per heavy atom. The Hall–Kier alpha value is -1.15. The van der Waals surface area contributed by atoms with Crippen LogP contribution in [-0.2, 0) is 6.61 Å². The first-order valence-corrected chi connectivity index (χ1v) is 3.19. The summed E-state index contributed by atoms with van der Waals surface area (Å²) in [5.41, 5.74) is 1.10. The molecule has 1 radical (unpaired) electrons. The van der Waals surface area contributed by atoms with E-state index in [0.29, 0.717) is 11.1 Å². The van der Waals surface area contributed by atoms with E-state index in [-0.39, 0.29) is 12.4 Å². The monoisotopic (exact) mass is 151 g/mol. The first-order valence-electron chi connectivity index (χ1n) is 3.19. The standard InChI is InChI=1S/C9H8FO/c1-2-7-3-8(6-11)5-9(10)4-7/h3-5,11H,1,6H2. The number of hydrogen-bond donors (Lipinski definition) is 1. The summed E-state index contributed by atoms with van der Waals surface area (Å²) in [5, 5.41) is 8.67. The van der Waals surface area contributed by atoms with Crippen LogP contribution in [0.25, 0.3) is 0 Å². The summed E-state index contributed by atoms with van der Waals surface area (Å²) in [6.45, 7) is 3.21. The summed E-state index contributed by atoms with van der Waals surface area (Å²) in [4.78, 5) is 0. The van der Waals surface area contributed by atoms with Crippen molar-refractivity contribution in [3.05, 3.63) is 47.8 Å². The zero-order valence-electron chi connectivity index (χ0n) is 5.97. The number of aliphatic hydroxyl groups excluding tert-OH is 1. The molecule has 57 valence electrons. The molecular weight excluding hydrogens is 143 g/mol. The summed E-state index contributed by atoms with van der Waals surface area (Å²) in [5.74, 6) is -0.372. The van der Waals surface area contributed by atoms with Crippen LogP contribution in [0, 0.1) is 11.9 Å². The molecule has 0 heterocycles. The smallest absolute Gasteiger partial charge is 0.124 e. The zero-order valence-corrected chi connectivity index (χ0v) is 5.97. The fourth-order valence-corrected chi connectivity index (χ4v) is 0.844. The third kappa shape index (κ3) is 1.88. The number of aliphatic hydroxyl groups is 1. The van der Waals surface area contributed by atoms with Crippen molar-refractivity contribution in [2.24, 2.45) is 0 Å². The van der Waals surface area contributed by atoms with Crippen LogP contribution in [0.15, 0.2) is 24.8 Å². The van der Waals surface area contributed by atoms with Gasteiger partial charge in [-0.25, -0.2) is 4.39 Å². The Kier molecular flexibility index (Phi) is 2.39. The lowest BCUT2D eigenvalue weighted by Crippen LogP contribution is -1.87. The van der Waals surface area contributed by atoms with Gasteiger partial charge in [-0.05, 0) is 35.4 Å². The van der Waals surface area contributed by atoms with E-state index >= 15 is 0 Å². The quantitative estimate of drug-likeness (QED) is 0.681. The highest BCUT2D eigenvalue weighted by molar-refractivity contribution is 5.27. The third-order valence-corrected chi connectivity index (χ3v) is 1.34. The average molecular weight is 151 g/mol. The highest BCUT2D eigenvalue weighted by Gasteiger charge is 1.96. The van der Waals surface area contributed by atoms with Crippen LogP contribution >= 0.6 is 0 Å². The maximum atomic E-state index is 12.6. The second-order valence-corrected chi connectivity index (χ2v) is 2.18. The van der Waals surface area contributed by atoms with Gasteiger partial charge in [-0.2, -0.15) is 0 Å². The van der Waals surface area contributed by atoms with E-state index in [1.165, 1.54) is 12.1 Å². The van der Waals surface area contributed by atoms with E-state index in [9.17, 15) is 4.39 Å². The predicted molar refractivity (Wildman–Crippen MR) is 40.3 cm³/mol. The number of rotatable bonds is 2. The number of hydrogen-bond acceptors (Lipinski definition) is 1. The Balaban J connectivity index is 3.11. The average Bonchev–Trinajstić information content (AvgIpc) is 2.03. The van der Waals surface area contributed by atoms with Gasteiger partial charge in [0.15, 0.2) is 0 Å². The van der Waals surface area contributed by atoms with Gasteiger partial charge in [0.2, 0.25) is 0 Å². The van der Waals surface area contributed by atoms with Crippen molar-refractivity contribution in [2.75, 3.05) is 0 Å². The van der Waals surface area contributed by atoms with Crippen molar-refractivity contribution in [3.63, 3.8) is 0 Å². The Labute approximate surface area is 64.8 Å². The molecule has 0 aliphatic heterocycles. The minimum atomic E-state index is -0.372. The van der Waals surface area contributed by atoms with Crippen molar-refractivity contribution >= 4 is 0 Å². The maximum absolute atomic E-state index is 12.6. The van der Waals surface area contributed by atoms with Crippen molar-refractivity contribution < 1.29 is 9.50 Å². The van der Waals surface area contributed by atoms with E-state index in [2.05, 4.69) is 12.7 Å². The molecule has 0 aromatic heterocycles. The van der Waals surface area contributed by atoms with E-state index < -0.39 is 0 Å². The van der Waals surface area contributed by atoms with Crippen LogP contribution in [0.4, 0.5) is 4.39 Å². The molecule has 0 spiro atoms. The molecule has 1 rings (SSSR count).